The van der Waals surface area contributed by atoms with Gasteiger partial charge >= 0.3 is 0 Å². The van der Waals surface area contributed by atoms with Crippen LogP contribution in [0.3, 0.4) is 0 Å². The van der Waals surface area contributed by atoms with E-state index in [1.807, 2.05) is 0 Å². The number of nitro groups is 1. The van der Waals surface area contributed by atoms with E-state index in [9.17, 15) is 19.6 Å². The predicted octanol–water partition coefficient (Wildman–Crippen LogP) is 1.94. The molecule has 0 fully saturated rings. The van der Waals surface area contributed by atoms with Crippen LogP contribution in [-0.4, -0.2) is 29.2 Å². The molecule has 0 aromatic heterocycles. The molecule has 5 nitrogen and oxygen atoms in total. The normalized spacial score (nSPS) is 11.4. The van der Waals surface area contributed by atoms with Crippen molar-refractivity contribution in [3.63, 3.8) is 0 Å². The lowest BCUT2D eigenvalue weighted by Crippen LogP contribution is -2.36. The Morgan fingerprint density at radius 2 is 2.12 bits per heavy atom. The summed E-state index contributed by atoms with van der Waals surface area (Å²) in [5.41, 5.74) is -1.02. The second-order valence-electron chi connectivity index (χ2n) is 4.56. The third-order valence-corrected chi connectivity index (χ3v) is 2.17. The van der Waals surface area contributed by atoms with E-state index in [1.165, 1.54) is 11.0 Å². The summed E-state index contributed by atoms with van der Waals surface area (Å²) >= 11 is 0. The molecule has 0 saturated heterocycles. The molecule has 0 saturated carbocycles. The second-order valence-corrected chi connectivity index (χ2v) is 4.56. The average molecular weight is 242 g/mol. The number of hydrogen-bond acceptors (Lipinski definition) is 4. The Balaban J connectivity index is 3.09. The minimum absolute atomic E-state index is 0.208. The fourth-order valence-corrected chi connectivity index (χ4v) is 1.63. The molecule has 0 atom stereocenters. The van der Waals surface area contributed by atoms with Crippen LogP contribution < -0.4 is 4.90 Å². The molecule has 0 aliphatic heterocycles. The first-order valence-electron chi connectivity index (χ1n) is 5.08. The number of benzene rings is 1. The van der Waals surface area contributed by atoms with E-state index in [2.05, 4.69) is 0 Å². The number of rotatable bonds is 4. The van der Waals surface area contributed by atoms with Gasteiger partial charge in [0.1, 0.15) is 11.5 Å². The van der Waals surface area contributed by atoms with Gasteiger partial charge in [-0.25, -0.2) is 4.39 Å². The van der Waals surface area contributed by atoms with Gasteiger partial charge in [0.25, 0.3) is 5.69 Å². The van der Waals surface area contributed by atoms with Crippen LogP contribution in [0, 0.1) is 15.9 Å². The minimum Gasteiger partial charge on any atom is -0.389 e. The maximum atomic E-state index is 12.9. The molecule has 17 heavy (non-hydrogen) atoms. The van der Waals surface area contributed by atoms with Gasteiger partial charge in [0.2, 0.25) is 0 Å². The fraction of sp³-hybridized carbons (Fsp3) is 0.455. The van der Waals surface area contributed by atoms with Gasteiger partial charge in [0, 0.05) is 13.6 Å². The van der Waals surface area contributed by atoms with Crippen LogP contribution in [0.1, 0.15) is 13.8 Å². The summed E-state index contributed by atoms with van der Waals surface area (Å²) in [5.74, 6) is -0.655. The van der Waals surface area contributed by atoms with Gasteiger partial charge < -0.3 is 10.0 Å². The van der Waals surface area contributed by atoms with Crippen molar-refractivity contribution in [1.29, 1.82) is 0 Å². The number of likely N-dealkylation sites (N-methyl/N-ethyl adjacent to an activating group) is 1. The van der Waals surface area contributed by atoms with E-state index in [1.54, 1.807) is 20.9 Å². The summed E-state index contributed by atoms with van der Waals surface area (Å²) in [6, 6.07) is 3.36. The second kappa shape index (κ2) is 4.67. The molecule has 0 amide bonds. The first-order chi connectivity index (χ1) is 7.70. The van der Waals surface area contributed by atoms with E-state index in [0.29, 0.717) is 0 Å². The van der Waals surface area contributed by atoms with E-state index in [0.717, 1.165) is 12.1 Å². The minimum atomic E-state index is -0.989. The predicted molar refractivity (Wildman–Crippen MR) is 62.6 cm³/mol. The number of halogens is 1. The van der Waals surface area contributed by atoms with E-state index >= 15 is 0 Å². The van der Waals surface area contributed by atoms with Crippen molar-refractivity contribution in [2.45, 2.75) is 19.4 Å². The highest BCUT2D eigenvalue weighted by atomic mass is 19.1. The Kier molecular flexibility index (Phi) is 3.67. The molecule has 1 rings (SSSR count). The number of hydrogen-bond donors (Lipinski definition) is 1. The molecule has 0 unspecified atom stereocenters. The SMILES string of the molecule is CN(CC(C)(C)O)c1ccc(F)cc1[N+](=O)[O-]. The van der Waals surface area contributed by atoms with Crippen LogP contribution in [0.2, 0.25) is 0 Å². The fourth-order valence-electron chi connectivity index (χ4n) is 1.63. The number of aliphatic hydroxyl groups is 1. The zero-order valence-electron chi connectivity index (χ0n) is 9.98. The molecule has 94 valence electrons. The number of nitrogens with zero attached hydrogens (tertiary/aromatic N) is 2. The highest BCUT2D eigenvalue weighted by Crippen LogP contribution is 2.28. The lowest BCUT2D eigenvalue weighted by atomic mass is 10.1. The summed E-state index contributed by atoms with van der Waals surface area (Å²) < 4.78 is 12.9. The molecule has 1 N–H and O–H groups in total. The van der Waals surface area contributed by atoms with Crippen LogP contribution >= 0.6 is 0 Å². The maximum Gasteiger partial charge on any atom is 0.295 e. The van der Waals surface area contributed by atoms with Crippen LogP contribution in [0.4, 0.5) is 15.8 Å². The van der Waals surface area contributed by atoms with Gasteiger partial charge in [0.05, 0.1) is 16.6 Å². The Labute approximate surface area is 98.6 Å². The van der Waals surface area contributed by atoms with Crippen molar-refractivity contribution in [3.05, 3.63) is 34.1 Å². The Hall–Kier alpha value is -1.69. The van der Waals surface area contributed by atoms with Crippen LogP contribution in [0.5, 0.6) is 0 Å². The maximum absolute atomic E-state index is 12.9. The molecule has 0 aliphatic carbocycles. The molecule has 0 heterocycles. The van der Waals surface area contributed by atoms with Crippen molar-refractivity contribution in [2.24, 2.45) is 0 Å². The Bertz CT molecular complexity index is 429. The topological polar surface area (TPSA) is 66.6 Å². The first-order valence-corrected chi connectivity index (χ1v) is 5.08. The smallest absolute Gasteiger partial charge is 0.295 e. The zero-order valence-corrected chi connectivity index (χ0v) is 9.98. The molecule has 1 aromatic carbocycles. The zero-order chi connectivity index (χ0) is 13.2. The molecule has 0 radical (unpaired) electrons. The monoisotopic (exact) mass is 242 g/mol. The van der Waals surface area contributed by atoms with Crippen molar-refractivity contribution in [1.82, 2.24) is 0 Å². The van der Waals surface area contributed by atoms with Crippen molar-refractivity contribution < 1.29 is 14.4 Å². The lowest BCUT2D eigenvalue weighted by molar-refractivity contribution is -0.384. The quantitative estimate of drug-likeness (QED) is 0.647. The number of anilines is 1. The molecular formula is C11H15FN2O3. The standard InChI is InChI=1S/C11H15FN2O3/c1-11(2,15)7-13(3)9-5-4-8(12)6-10(9)14(16)17/h4-6,15H,7H2,1-3H3. The third-order valence-electron chi connectivity index (χ3n) is 2.17. The molecule has 6 heteroatoms. The van der Waals surface area contributed by atoms with Crippen LogP contribution in [0.15, 0.2) is 18.2 Å². The molecule has 0 spiro atoms. The van der Waals surface area contributed by atoms with Gasteiger partial charge in [-0.15, -0.1) is 0 Å². The lowest BCUT2D eigenvalue weighted by Gasteiger charge is -2.26. The Morgan fingerprint density at radius 1 is 1.53 bits per heavy atom. The summed E-state index contributed by atoms with van der Waals surface area (Å²) in [6.45, 7) is 3.40. The van der Waals surface area contributed by atoms with Crippen molar-refractivity contribution in [3.8, 4) is 0 Å². The van der Waals surface area contributed by atoms with Gasteiger partial charge in [-0.1, -0.05) is 0 Å². The summed E-state index contributed by atoms with van der Waals surface area (Å²) in [7, 11) is 1.61. The van der Waals surface area contributed by atoms with Crippen LogP contribution in [-0.2, 0) is 0 Å². The third kappa shape index (κ3) is 3.67. The van der Waals surface area contributed by atoms with Gasteiger partial charge in [-0.05, 0) is 26.0 Å². The van der Waals surface area contributed by atoms with Crippen LogP contribution in [0.25, 0.3) is 0 Å². The largest absolute Gasteiger partial charge is 0.389 e. The molecule has 0 bridgehead atoms. The van der Waals surface area contributed by atoms with Gasteiger partial charge in [-0.2, -0.15) is 0 Å². The summed E-state index contributed by atoms with van der Waals surface area (Å²) in [5, 5.41) is 20.4. The highest BCUT2D eigenvalue weighted by molar-refractivity contribution is 5.63. The first kappa shape index (κ1) is 13.4. The molecule has 1 aromatic rings. The number of nitro benzene ring substituents is 1. The highest BCUT2D eigenvalue weighted by Gasteiger charge is 2.22. The summed E-state index contributed by atoms with van der Waals surface area (Å²) in [6.07, 6.45) is 0. The van der Waals surface area contributed by atoms with Crippen molar-refractivity contribution >= 4 is 11.4 Å². The van der Waals surface area contributed by atoms with E-state index in [-0.39, 0.29) is 17.9 Å². The average Bonchev–Trinajstić information content (AvgIpc) is 2.14. The van der Waals surface area contributed by atoms with Gasteiger partial charge in [0.15, 0.2) is 0 Å². The molecular weight excluding hydrogens is 227 g/mol. The Morgan fingerprint density at radius 3 is 2.59 bits per heavy atom. The summed E-state index contributed by atoms with van der Waals surface area (Å²) in [4.78, 5) is 11.7. The van der Waals surface area contributed by atoms with E-state index < -0.39 is 16.3 Å². The van der Waals surface area contributed by atoms with E-state index in [4.69, 9.17) is 0 Å². The molecule has 0 aliphatic rings. The van der Waals surface area contributed by atoms with Gasteiger partial charge in [-0.3, -0.25) is 10.1 Å². The van der Waals surface area contributed by atoms with Crippen molar-refractivity contribution in [2.75, 3.05) is 18.5 Å².